The average Bonchev–Trinajstić information content (AvgIpc) is 1.96. The molecule has 16 heavy (non-hydrogen) atoms. The highest BCUT2D eigenvalue weighted by Crippen LogP contribution is 2.36. The Morgan fingerprint density at radius 1 is 0.812 bits per heavy atom. The van der Waals surface area contributed by atoms with Crippen molar-refractivity contribution in [3.63, 3.8) is 0 Å². The Balaban J connectivity index is 3.06. The molecule has 0 fully saturated rings. The molecular formula is C16H26. The van der Waals surface area contributed by atoms with Crippen molar-refractivity contribution in [2.45, 2.75) is 60.3 Å². The summed E-state index contributed by atoms with van der Waals surface area (Å²) in [7, 11) is 0. The zero-order valence-electron chi connectivity index (χ0n) is 11.9. The van der Waals surface area contributed by atoms with E-state index >= 15 is 0 Å². The highest BCUT2D eigenvalue weighted by atomic mass is 14.3. The fourth-order valence-corrected chi connectivity index (χ4v) is 2.79. The van der Waals surface area contributed by atoms with E-state index in [2.05, 4.69) is 66.7 Å². The maximum Gasteiger partial charge on any atom is -0.00984 e. The van der Waals surface area contributed by atoms with E-state index in [0.717, 1.165) is 0 Å². The molecule has 0 aliphatic carbocycles. The molecule has 0 aliphatic heterocycles. The van der Waals surface area contributed by atoms with Crippen LogP contribution in [0.3, 0.4) is 0 Å². The summed E-state index contributed by atoms with van der Waals surface area (Å²) in [5.74, 6) is 0. The van der Waals surface area contributed by atoms with E-state index in [9.17, 15) is 0 Å². The lowest BCUT2D eigenvalue weighted by Gasteiger charge is -2.33. The lowest BCUT2D eigenvalue weighted by Crippen LogP contribution is -2.25. The van der Waals surface area contributed by atoms with Gasteiger partial charge in [-0.1, -0.05) is 63.9 Å². The number of rotatable bonds is 2. The summed E-state index contributed by atoms with van der Waals surface area (Å²) in [5.41, 5.74) is 4.85. The molecule has 0 saturated carbocycles. The molecule has 1 aromatic rings. The second kappa shape index (κ2) is 4.24. The van der Waals surface area contributed by atoms with Gasteiger partial charge in [0, 0.05) is 0 Å². The number of aryl methyl sites for hydroxylation is 2. The minimum absolute atomic E-state index is 0.259. The average molecular weight is 218 g/mol. The molecule has 0 spiro atoms. The monoisotopic (exact) mass is 218 g/mol. The lowest BCUT2D eigenvalue weighted by atomic mass is 9.72. The summed E-state index contributed by atoms with van der Waals surface area (Å²) in [5, 5.41) is 0. The van der Waals surface area contributed by atoms with E-state index in [1.807, 2.05) is 0 Å². The fraction of sp³-hybridized carbons (Fsp3) is 0.625. The van der Waals surface area contributed by atoms with Crippen LogP contribution in [-0.2, 0) is 5.41 Å². The van der Waals surface area contributed by atoms with E-state index < -0.39 is 0 Å². The van der Waals surface area contributed by atoms with E-state index in [0.29, 0.717) is 5.41 Å². The molecule has 0 unspecified atom stereocenters. The third kappa shape index (κ3) is 3.66. The minimum atomic E-state index is 0.259. The van der Waals surface area contributed by atoms with Gasteiger partial charge in [0.25, 0.3) is 0 Å². The zero-order valence-corrected chi connectivity index (χ0v) is 11.9. The van der Waals surface area contributed by atoms with Crippen LogP contribution in [0.5, 0.6) is 0 Å². The van der Waals surface area contributed by atoms with Crippen LogP contribution in [0.4, 0.5) is 0 Å². The van der Waals surface area contributed by atoms with Crippen LogP contribution in [0.25, 0.3) is 0 Å². The first-order valence-corrected chi connectivity index (χ1v) is 6.19. The van der Waals surface area contributed by atoms with Crippen molar-refractivity contribution in [2.24, 2.45) is 5.41 Å². The SMILES string of the molecule is Cc1cc(C)cc(C(C)(C)CC(C)(C)C)c1. The Bertz CT molecular complexity index is 344. The van der Waals surface area contributed by atoms with Crippen LogP contribution in [0.15, 0.2) is 18.2 Å². The van der Waals surface area contributed by atoms with Gasteiger partial charge < -0.3 is 0 Å². The number of benzene rings is 1. The van der Waals surface area contributed by atoms with Gasteiger partial charge in [0.15, 0.2) is 0 Å². The quantitative estimate of drug-likeness (QED) is 0.654. The molecule has 1 aromatic carbocycles. The van der Waals surface area contributed by atoms with Crippen molar-refractivity contribution >= 4 is 0 Å². The molecule has 0 radical (unpaired) electrons. The zero-order chi connectivity index (χ0) is 12.6. The van der Waals surface area contributed by atoms with Gasteiger partial charge in [-0.15, -0.1) is 0 Å². The van der Waals surface area contributed by atoms with Crippen LogP contribution < -0.4 is 0 Å². The van der Waals surface area contributed by atoms with Crippen molar-refractivity contribution in [2.75, 3.05) is 0 Å². The Morgan fingerprint density at radius 3 is 1.62 bits per heavy atom. The molecular weight excluding hydrogens is 192 g/mol. The van der Waals surface area contributed by atoms with E-state index in [1.165, 1.54) is 23.1 Å². The van der Waals surface area contributed by atoms with Gasteiger partial charge in [-0.2, -0.15) is 0 Å². The molecule has 1 rings (SSSR count). The smallest absolute Gasteiger partial charge is 0.00984 e. The van der Waals surface area contributed by atoms with Gasteiger partial charge in [-0.05, 0) is 36.7 Å². The van der Waals surface area contributed by atoms with Crippen LogP contribution >= 0.6 is 0 Å². The summed E-state index contributed by atoms with van der Waals surface area (Å²) in [6.45, 7) is 16.0. The normalized spacial score (nSPS) is 12.9. The van der Waals surface area contributed by atoms with E-state index in [-0.39, 0.29) is 5.41 Å². The maximum absolute atomic E-state index is 2.35. The molecule has 0 atom stereocenters. The molecule has 0 N–H and O–H groups in total. The predicted molar refractivity (Wildman–Crippen MR) is 73.0 cm³/mol. The van der Waals surface area contributed by atoms with E-state index in [1.54, 1.807) is 0 Å². The third-order valence-electron chi connectivity index (χ3n) is 2.98. The maximum atomic E-state index is 2.35. The van der Waals surface area contributed by atoms with E-state index in [4.69, 9.17) is 0 Å². The van der Waals surface area contributed by atoms with Crippen LogP contribution in [0, 0.1) is 19.3 Å². The van der Waals surface area contributed by atoms with Gasteiger partial charge >= 0.3 is 0 Å². The van der Waals surface area contributed by atoms with Gasteiger partial charge in [0.05, 0.1) is 0 Å². The van der Waals surface area contributed by atoms with Crippen LogP contribution in [0.2, 0.25) is 0 Å². The summed E-state index contributed by atoms with van der Waals surface area (Å²) >= 11 is 0. The standard InChI is InChI=1S/C16H26/c1-12-8-13(2)10-14(9-12)16(6,7)11-15(3,4)5/h8-10H,11H2,1-7H3. The Kier molecular flexibility index (Phi) is 3.52. The Morgan fingerprint density at radius 2 is 1.25 bits per heavy atom. The third-order valence-corrected chi connectivity index (χ3v) is 2.98. The second-order valence-corrected chi connectivity index (χ2v) is 7.00. The van der Waals surface area contributed by atoms with Crippen molar-refractivity contribution in [1.82, 2.24) is 0 Å². The van der Waals surface area contributed by atoms with Crippen molar-refractivity contribution in [3.05, 3.63) is 34.9 Å². The summed E-state index contributed by atoms with van der Waals surface area (Å²) in [6, 6.07) is 6.91. The molecule has 0 aromatic heterocycles. The Labute approximate surface area is 101 Å². The first-order valence-electron chi connectivity index (χ1n) is 6.19. The number of hydrogen-bond acceptors (Lipinski definition) is 0. The summed E-state index contributed by atoms with van der Waals surface area (Å²) < 4.78 is 0. The molecule has 0 nitrogen and oxygen atoms in total. The molecule has 0 saturated heterocycles. The van der Waals surface area contributed by atoms with Crippen molar-refractivity contribution in [1.29, 1.82) is 0 Å². The summed E-state index contributed by atoms with van der Waals surface area (Å²) in [6.07, 6.45) is 1.21. The van der Waals surface area contributed by atoms with Gasteiger partial charge in [-0.25, -0.2) is 0 Å². The van der Waals surface area contributed by atoms with Gasteiger partial charge in [0.1, 0.15) is 0 Å². The molecule has 0 heteroatoms. The van der Waals surface area contributed by atoms with Crippen LogP contribution in [-0.4, -0.2) is 0 Å². The Hall–Kier alpha value is -0.780. The van der Waals surface area contributed by atoms with Gasteiger partial charge in [0.2, 0.25) is 0 Å². The number of hydrogen-bond donors (Lipinski definition) is 0. The van der Waals surface area contributed by atoms with Crippen LogP contribution in [0.1, 0.15) is 57.7 Å². The first kappa shape index (κ1) is 13.3. The highest BCUT2D eigenvalue weighted by Gasteiger charge is 2.27. The molecule has 90 valence electrons. The molecule has 0 heterocycles. The first-order chi connectivity index (χ1) is 7.10. The summed E-state index contributed by atoms with van der Waals surface area (Å²) in [4.78, 5) is 0. The predicted octanol–water partition coefficient (Wildman–Crippen LogP) is 5.02. The topological polar surface area (TPSA) is 0 Å². The second-order valence-electron chi connectivity index (χ2n) is 7.00. The molecule has 0 bridgehead atoms. The minimum Gasteiger partial charge on any atom is -0.0601 e. The highest BCUT2D eigenvalue weighted by molar-refractivity contribution is 5.33. The molecule has 0 aliphatic rings. The largest absolute Gasteiger partial charge is 0.0601 e. The van der Waals surface area contributed by atoms with Crippen molar-refractivity contribution in [3.8, 4) is 0 Å². The lowest BCUT2D eigenvalue weighted by molar-refractivity contribution is 0.284. The molecule has 0 amide bonds. The van der Waals surface area contributed by atoms with Crippen molar-refractivity contribution < 1.29 is 0 Å². The van der Waals surface area contributed by atoms with Gasteiger partial charge in [-0.3, -0.25) is 0 Å². The fourth-order valence-electron chi connectivity index (χ4n) is 2.79.